The molecule has 96 valence electrons. The molecule has 1 aliphatic heterocycles. The highest BCUT2D eigenvalue weighted by Gasteiger charge is 2.55. The SMILES string of the molecule is CCCN1C(=O)NC(=N)C12CCCC(C)C2C. The first-order chi connectivity index (χ1) is 8.04. The van der Waals surface area contributed by atoms with Gasteiger partial charge in [0.2, 0.25) is 0 Å². The van der Waals surface area contributed by atoms with Crippen LogP contribution in [0.2, 0.25) is 0 Å². The van der Waals surface area contributed by atoms with Crippen LogP contribution in [0.15, 0.2) is 0 Å². The standard InChI is InChI=1S/C13H23N3O/c1-4-8-16-12(17)15-11(14)13(16)7-5-6-9(2)10(13)3/h9-10H,4-8H2,1-3H3,(H2,14,15,17). The lowest BCUT2D eigenvalue weighted by atomic mass is 9.67. The van der Waals surface area contributed by atoms with Gasteiger partial charge >= 0.3 is 6.03 Å². The van der Waals surface area contributed by atoms with Gasteiger partial charge in [-0.05, 0) is 24.7 Å². The van der Waals surface area contributed by atoms with Crippen LogP contribution in [0.3, 0.4) is 0 Å². The van der Waals surface area contributed by atoms with Crippen molar-refractivity contribution in [3.8, 4) is 0 Å². The maximum Gasteiger partial charge on any atom is 0.323 e. The highest BCUT2D eigenvalue weighted by molar-refractivity contribution is 6.08. The number of nitrogens with zero attached hydrogens (tertiary/aromatic N) is 1. The zero-order valence-corrected chi connectivity index (χ0v) is 11.0. The van der Waals surface area contributed by atoms with Gasteiger partial charge in [0.1, 0.15) is 11.4 Å². The van der Waals surface area contributed by atoms with Crippen LogP contribution in [0.4, 0.5) is 4.79 Å². The van der Waals surface area contributed by atoms with Crippen molar-refractivity contribution >= 4 is 11.9 Å². The molecule has 2 fully saturated rings. The topological polar surface area (TPSA) is 56.2 Å². The third-order valence-electron chi connectivity index (χ3n) is 4.66. The van der Waals surface area contributed by atoms with Crippen LogP contribution in [0.1, 0.15) is 46.5 Å². The number of hydrogen-bond donors (Lipinski definition) is 2. The van der Waals surface area contributed by atoms with Gasteiger partial charge in [-0.3, -0.25) is 10.7 Å². The van der Waals surface area contributed by atoms with E-state index >= 15 is 0 Å². The number of rotatable bonds is 2. The fraction of sp³-hybridized carbons (Fsp3) is 0.846. The van der Waals surface area contributed by atoms with Crippen LogP contribution >= 0.6 is 0 Å². The molecule has 4 heteroatoms. The molecule has 3 atom stereocenters. The van der Waals surface area contributed by atoms with Gasteiger partial charge in [-0.2, -0.15) is 0 Å². The zero-order chi connectivity index (χ0) is 12.6. The Bertz CT molecular complexity index is 342. The summed E-state index contributed by atoms with van der Waals surface area (Å²) in [6, 6.07) is -0.0715. The molecule has 4 nitrogen and oxygen atoms in total. The highest BCUT2D eigenvalue weighted by atomic mass is 16.2. The van der Waals surface area contributed by atoms with Crippen molar-refractivity contribution in [3.05, 3.63) is 0 Å². The Morgan fingerprint density at radius 1 is 1.53 bits per heavy atom. The fourth-order valence-corrected chi connectivity index (χ4v) is 3.50. The van der Waals surface area contributed by atoms with Gasteiger partial charge < -0.3 is 4.90 Å². The molecule has 1 saturated carbocycles. The van der Waals surface area contributed by atoms with E-state index in [9.17, 15) is 4.79 Å². The van der Waals surface area contributed by atoms with Gasteiger partial charge in [0.05, 0.1) is 0 Å². The Balaban J connectivity index is 2.37. The summed E-state index contributed by atoms with van der Waals surface area (Å²) in [5.41, 5.74) is -0.342. The smallest absolute Gasteiger partial charge is 0.311 e. The van der Waals surface area contributed by atoms with Crippen molar-refractivity contribution in [2.24, 2.45) is 11.8 Å². The van der Waals surface area contributed by atoms with Gasteiger partial charge in [-0.25, -0.2) is 4.79 Å². The second kappa shape index (κ2) is 4.31. The first kappa shape index (κ1) is 12.4. The number of amides is 2. The summed E-state index contributed by atoms with van der Waals surface area (Å²) >= 11 is 0. The van der Waals surface area contributed by atoms with Crippen molar-refractivity contribution in [1.82, 2.24) is 10.2 Å². The lowest BCUT2D eigenvalue weighted by molar-refractivity contribution is 0.0746. The fourth-order valence-electron chi connectivity index (χ4n) is 3.50. The molecule has 2 aliphatic rings. The predicted octanol–water partition coefficient (Wildman–Crippen LogP) is 2.59. The van der Waals surface area contributed by atoms with Crippen molar-refractivity contribution < 1.29 is 4.79 Å². The molecule has 1 heterocycles. The number of amidine groups is 1. The predicted molar refractivity (Wildman–Crippen MR) is 68.2 cm³/mol. The minimum Gasteiger partial charge on any atom is -0.311 e. The van der Waals surface area contributed by atoms with Gasteiger partial charge in [0, 0.05) is 6.54 Å². The van der Waals surface area contributed by atoms with Crippen LogP contribution in [0.5, 0.6) is 0 Å². The average Bonchev–Trinajstić information content (AvgIpc) is 2.51. The van der Waals surface area contributed by atoms with Crippen LogP contribution in [0.25, 0.3) is 0 Å². The molecule has 0 radical (unpaired) electrons. The molecular formula is C13H23N3O. The third-order valence-corrected chi connectivity index (χ3v) is 4.66. The molecule has 1 spiro atoms. The van der Waals surface area contributed by atoms with E-state index in [0.717, 1.165) is 25.8 Å². The molecule has 0 aromatic carbocycles. The molecular weight excluding hydrogens is 214 g/mol. The molecule has 3 unspecified atom stereocenters. The summed E-state index contributed by atoms with van der Waals surface area (Å²) in [5.74, 6) is 1.38. The molecule has 0 bridgehead atoms. The summed E-state index contributed by atoms with van der Waals surface area (Å²) < 4.78 is 0. The van der Waals surface area contributed by atoms with Crippen LogP contribution < -0.4 is 5.32 Å². The normalized spacial score (nSPS) is 37.7. The first-order valence-corrected chi connectivity index (χ1v) is 6.71. The second-order valence-electron chi connectivity index (χ2n) is 5.54. The number of nitrogens with one attached hydrogen (secondary N) is 2. The van der Waals surface area contributed by atoms with E-state index in [1.165, 1.54) is 6.42 Å². The van der Waals surface area contributed by atoms with E-state index in [4.69, 9.17) is 5.41 Å². The average molecular weight is 237 g/mol. The van der Waals surface area contributed by atoms with Crippen molar-refractivity contribution in [2.45, 2.75) is 52.0 Å². The minimum atomic E-state index is -0.342. The van der Waals surface area contributed by atoms with E-state index in [1.54, 1.807) is 0 Å². The lowest BCUT2D eigenvalue weighted by Crippen LogP contribution is -2.57. The molecule has 17 heavy (non-hydrogen) atoms. The summed E-state index contributed by atoms with van der Waals surface area (Å²) in [7, 11) is 0. The monoisotopic (exact) mass is 237 g/mol. The highest BCUT2D eigenvalue weighted by Crippen LogP contribution is 2.44. The first-order valence-electron chi connectivity index (χ1n) is 6.71. The second-order valence-corrected chi connectivity index (χ2v) is 5.54. The van der Waals surface area contributed by atoms with Crippen molar-refractivity contribution in [2.75, 3.05) is 6.54 Å². The van der Waals surface area contributed by atoms with Crippen LogP contribution in [-0.2, 0) is 0 Å². The summed E-state index contributed by atoms with van der Waals surface area (Å²) in [6.45, 7) is 7.28. The molecule has 1 saturated heterocycles. The van der Waals surface area contributed by atoms with E-state index in [0.29, 0.717) is 17.7 Å². The van der Waals surface area contributed by atoms with Gasteiger partial charge in [0.25, 0.3) is 0 Å². The Morgan fingerprint density at radius 3 is 2.88 bits per heavy atom. The quantitative estimate of drug-likeness (QED) is 0.762. The third kappa shape index (κ3) is 1.65. The van der Waals surface area contributed by atoms with E-state index in [-0.39, 0.29) is 11.6 Å². The van der Waals surface area contributed by atoms with Crippen LogP contribution in [-0.4, -0.2) is 28.9 Å². The molecule has 0 aromatic heterocycles. The van der Waals surface area contributed by atoms with Crippen molar-refractivity contribution in [1.29, 1.82) is 5.41 Å². The van der Waals surface area contributed by atoms with E-state index in [1.807, 2.05) is 4.90 Å². The molecule has 1 aliphatic carbocycles. The van der Waals surface area contributed by atoms with Gasteiger partial charge in [-0.1, -0.05) is 33.6 Å². The zero-order valence-electron chi connectivity index (χ0n) is 11.0. The van der Waals surface area contributed by atoms with Crippen LogP contribution in [0, 0.1) is 17.2 Å². The number of carbonyl (C=O) groups excluding carboxylic acids is 1. The largest absolute Gasteiger partial charge is 0.323 e. The van der Waals surface area contributed by atoms with E-state index < -0.39 is 0 Å². The summed E-state index contributed by atoms with van der Waals surface area (Å²) in [5, 5.41) is 10.9. The van der Waals surface area contributed by atoms with E-state index in [2.05, 4.69) is 26.1 Å². The summed E-state index contributed by atoms with van der Waals surface area (Å²) in [4.78, 5) is 13.9. The maximum absolute atomic E-state index is 12.0. The number of carbonyl (C=O) groups is 1. The Morgan fingerprint density at radius 2 is 2.24 bits per heavy atom. The lowest BCUT2D eigenvalue weighted by Gasteiger charge is -2.47. The van der Waals surface area contributed by atoms with Crippen molar-refractivity contribution in [3.63, 3.8) is 0 Å². The van der Waals surface area contributed by atoms with Gasteiger partial charge in [-0.15, -0.1) is 0 Å². The molecule has 0 aromatic rings. The number of urea groups is 1. The molecule has 2 rings (SSSR count). The Kier molecular flexibility index (Phi) is 3.15. The number of hydrogen-bond acceptors (Lipinski definition) is 2. The van der Waals surface area contributed by atoms with Gasteiger partial charge in [0.15, 0.2) is 0 Å². The Labute approximate surface area is 103 Å². The Hall–Kier alpha value is -1.06. The maximum atomic E-state index is 12.0. The molecule has 2 amide bonds. The molecule has 2 N–H and O–H groups in total. The summed E-state index contributed by atoms with van der Waals surface area (Å²) in [6.07, 6.45) is 4.22. The minimum absolute atomic E-state index is 0.0715.